The Bertz CT molecular complexity index is 926. The van der Waals surface area contributed by atoms with Crippen molar-refractivity contribution in [2.75, 3.05) is 6.54 Å². The number of H-pyrrole nitrogens is 1. The zero-order valence-corrected chi connectivity index (χ0v) is 15.5. The first-order valence-corrected chi connectivity index (χ1v) is 9.09. The lowest BCUT2D eigenvalue weighted by molar-refractivity contribution is 0.169. The van der Waals surface area contributed by atoms with Crippen LogP contribution in [0.4, 0.5) is 4.39 Å². The number of nitrogens with one attached hydrogen (secondary N) is 1. The minimum absolute atomic E-state index is 0.227. The molecule has 1 aliphatic rings. The highest BCUT2D eigenvalue weighted by Crippen LogP contribution is 2.30. The fourth-order valence-corrected chi connectivity index (χ4v) is 3.79. The molecule has 0 saturated heterocycles. The van der Waals surface area contributed by atoms with Crippen LogP contribution < -0.4 is 0 Å². The molecular formula is C20H24FN5. The van der Waals surface area contributed by atoms with Gasteiger partial charge in [0.15, 0.2) is 0 Å². The van der Waals surface area contributed by atoms with Crippen molar-refractivity contribution >= 4 is 0 Å². The normalized spacial score (nSPS) is 15.8. The molecule has 4 rings (SSSR count). The maximum Gasteiger partial charge on any atom is 0.132 e. The van der Waals surface area contributed by atoms with E-state index >= 15 is 0 Å². The van der Waals surface area contributed by atoms with Crippen LogP contribution in [-0.4, -0.2) is 37.5 Å². The van der Waals surface area contributed by atoms with Crippen LogP contribution in [0.2, 0.25) is 0 Å². The Labute approximate surface area is 152 Å². The first-order valence-electron chi connectivity index (χ1n) is 9.09. The highest BCUT2D eigenvalue weighted by atomic mass is 19.1. The van der Waals surface area contributed by atoms with Crippen LogP contribution in [0.5, 0.6) is 0 Å². The van der Waals surface area contributed by atoms with E-state index in [1.54, 1.807) is 12.1 Å². The Morgan fingerprint density at radius 1 is 1.27 bits per heavy atom. The smallest absolute Gasteiger partial charge is 0.132 e. The number of rotatable bonds is 4. The first kappa shape index (κ1) is 17.0. The summed E-state index contributed by atoms with van der Waals surface area (Å²) in [6.07, 6.45) is 0.901. The third-order valence-corrected chi connectivity index (χ3v) is 5.26. The number of halogens is 1. The minimum Gasteiger partial charge on any atom is -0.294 e. The Hall–Kier alpha value is -2.47. The monoisotopic (exact) mass is 353 g/mol. The molecule has 1 N–H and O–H groups in total. The van der Waals surface area contributed by atoms with E-state index in [0.29, 0.717) is 11.6 Å². The quantitative estimate of drug-likeness (QED) is 0.781. The molecule has 1 aliphatic heterocycles. The topological polar surface area (TPSA) is 49.7 Å². The van der Waals surface area contributed by atoms with Gasteiger partial charge in [0.2, 0.25) is 0 Å². The predicted octanol–water partition coefficient (Wildman–Crippen LogP) is 3.48. The second kappa shape index (κ2) is 6.68. The summed E-state index contributed by atoms with van der Waals surface area (Å²) in [4.78, 5) is 2.43. The molecule has 0 unspecified atom stereocenters. The molecule has 0 aliphatic carbocycles. The zero-order chi connectivity index (χ0) is 18.3. The minimum atomic E-state index is -0.227. The van der Waals surface area contributed by atoms with Crippen LogP contribution in [0.3, 0.4) is 0 Å². The summed E-state index contributed by atoms with van der Waals surface area (Å²) in [6.45, 7) is 8.93. The van der Waals surface area contributed by atoms with E-state index in [0.717, 1.165) is 48.7 Å². The molecule has 0 fully saturated rings. The molecular weight excluding hydrogens is 329 g/mol. The lowest BCUT2D eigenvalue weighted by Gasteiger charge is -2.32. The van der Waals surface area contributed by atoms with Gasteiger partial charge in [-0.25, -0.2) is 4.39 Å². The van der Waals surface area contributed by atoms with Gasteiger partial charge in [-0.05, 0) is 39.0 Å². The summed E-state index contributed by atoms with van der Waals surface area (Å²) in [6, 6.07) is 9.29. The van der Waals surface area contributed by atoms with Gasteiger partial charge >= 0.3 is 0 Å². The number of hydrogen-bond donors (Lipinski definition) is 1. The average molecular weight is 353 g/mol. The molecule has 26 heavy (non-hydrogen) atoms. The van der Waals surface area contributed by atoms with Crippen molar-refractivity contribution in [3.8, 4) is 11.3 Å². The summed E-state index contributed by atoms with van der Waals surface area (Å²) < 4.78 is 16.3. The van der Waals surface area contributed by atoms with Crippen molar-refractivity contribution in [3.05, 3.63) is 58.8 Å². The molecule has 1 aromatic carbocycles. The number of aromatic nitrogens is 4. The summed E-state index contributed by atoms with van der Waals surface area (Å²) in [5.41, 5.74) is 5.77. The summed E-state index contributed by atoms with van der Waals surface area (Å²) >= 11 is 0. The van der Waals surface area contributed by atoms with E-state index in [4.69, 9.17) is 0 Å². The zero-order valence-electron chi connectivity index (χ0n) is 15.5. The fraction of sp³-hybridized carbons (Fsp3) is 0.400. The van der Waals surface area contributed by atoms with Gasteiger partial charge in [0, 0.05) is 48.1 Å². The molecule has 0 spiro atoms. The molecule has 0 saturated carbocycles. The average Bonchev–Trinajstić information content (AvgIpc) is 3.17. The SMILES string of the molecule is Cc1cc(C)n(C[C@H](C)N2CCc3[nH]nc(-c4ccccc4F)c3C2)n1. The lowest BCUT2D eigenvalue weighted by atomic mass is 9.99. The molecule has 1 atom stereocenters. The Morgan fingerprint density at radius 3 is 2.81 bits per heavy atom. The number of aromatic amines is 1. The van der Waals surface area contributed by atoms with Gasteiger partial charge in [-0.2, -0.15) is 10.2 Å². The van der Waals surface area contributed by atoms with Gasteiger partial charge < -0.3 is 0 Å². The molecule has 2 aromatic heterocycles. The Kier molecular flexibility index (Phi) is 4.36. The van der Waals surface area contributed by atoms with E-state index in [2.05, 4.69) is 44.8 Å². The van der Waals surface area contributed by atoms with Gasteiger partial charge in [0.05, 0.1) is 17.9 Å². The third kappa shape index (κ3) is 3.05. The van der Waals surface area contributed by atoms with E-state index in [1.807, 2.05) is 13.0 Å². The van der Waals surface area contributed by atoms with Gasteiger partial charge in [-0.3, -0.25) is 14.7 Å². The molecule has 3 heterocycles. The largest absolute Gasteiger partial charge is 0.294 e. The van der Waals surface area contributed by atoms with Gasteiger partial charge in [0.25, 0.3) is 0 Å². The van der Waals surface area contributed by atoms with Crippen molar-refractivity contribution < 1.29 is 4.39 Å². The van der Waals surface area contributed by atoms with Crippen molar-refractivity contribution in [2.45, 2.75) is 46.3 Å². The van der Waals surface area contributed by atoms with E-state index in [9.17, 15) is 4.39 Å². The highest BCUT2D eigenvalue weighted by Gasteiger charge is 2.26. The maximum atomic E-state index is 14.2. The van der Waals surface area contributed by atoms with Crippen LogP contribution >= 0.6 is 0 Å². The molecule has 0 amide bonds. The Morgan fingerprint density at radius 2 is 2.08 bits per heavy atom. The second-order valence-corrected chi connectivity index (χ2v) is 7.19. The molecule has 6 heteroatoms. The van der Waals surface area contributed by atoms with E-state index in [-0.39, 0.29) is 5.82 Å². The van der Waals surface area contributed by atoms with Crippen LogP contribution in [0.15, 0.2) is 30.3 Å². The summed E-state index contributed by atoms with van der Waals surface area (Å²) in [7, 11) is 0. The van der Waals surface area contributed by atoms with Crippen LogP contribution in [-0.2, 0) is 19.5 Å². The maximum absolute atomic E-state index is 14.2. The molecule has 5 nitrogen and oxygen atoms in total. The van der Waals surface area contributed by atoms with Gasteiger partial charge in [0.1, 0.15) is 5.82 Å². The molecule has 136 valence electrons. The van der Waals surface area contributed by atoms with Crippen LogP contribution in [0.1, 0.15) is 29.6 Å². The van der Waals surface area contributed by atoms with Gasteiger partial charge in [-0.15, -0.1) is 0 Å². The third-order valence-electron chi connectivity index (χ3n) is 5.26. The molecule has 0 radical (unpaired) electrons. The predicted molar refractivity (Wildman–Crippen MR) is 99.3 cm³/mol. The second-order valence-electron chi connectivity index (χ2n) is 7.19. The van der Waals surface area contributed by atoms with E-state index < -0.39 is 0 Å². The number of aryl methyl sites for hydroxylation is 2. The van der Waals surface area contributed by atoms with Crippen LogP contribution in [0.25, 0.3) is 11.3 Å². The van der Waals surface area contributed by atoms with E-state index in [1.165, 1.54) is 11.8 Å². The number of hydrogen-bond acceptors (Lipinski definition) is 3. The summed E-state index contributed by atoms with van der Waals surface area (Å²) in [5, 5.41) is 12.1. The van der Waals surface area contributed by atoms with Gasteiger partial charge in [-0.1, -0.05) is 12.1 Å². The highest BCUT2D eigenvalue weighted by molar-refractivity contribution is 5.64. The van der Waals surface area contributed by atoms with Crippen molar-refractivity contribution in [2.24, 2.45) is 0 Å². The lowest BCUT2D eigenvalue weighted by Crippen LogP contribution is -2.40. The summed E-state index contributed by atoms with van der Waals surface area (Å²) in [5.74, 6) is -0.227. The van der Waals surface area contributed by atoms with Crippen molar-refractivity contribution in [1.29, 1.82) is 0 Å². The number of nitrogens with zero attached hydrogens (tertiary/aromatic N) is 4. The molecule has 0 bridgehead atoms. The fourth-order valence-electron chi connectivity index (χ4n) is 3.79. The Balaban J connectivity index is 1.57. The first-order chi connectivity index (χ1) is 12.5. The number of fused-ring (bicyclic) bond motifs is 1. The van der Waals surface area contributed by atoms with Crippen molar-refractivity contribution in [3.63, 3.8) is 0 Å². The molecule has 3 aromatic rings. The van der Waals surface area contributed by atoms with Crippen LogP contribution in [0, 0.1) is 19.7 Å². The van der Waals surface area contributed by atoms with Crippen molar-refractivity contribution in [1.82, 2.24) is 24.9 Å². The standard InChI is InChI=1S/C20H24FN5/c1-13-10-14(2)26(24-13)11-15(3)25-9-8-19-17(12-25)20(23-22-19)16-6-4-5-7-18(16)21/h4-7,10,15H,8-9,11-12H2,1-3H3,(H,22,23)/t15-/m0/s1. The number of benzene rings is 1.